The predicted octanol–water partition coefficient (Wildman–Crippen LogP) is 0.323. The van der Waals surface area contributed by atoms with Crippen molar-refractivity contribution < 1.29 is 4.48 Å². The average Bonchev–Trinajstić information content (AvgIpc) is 1.90. The third kappa shape index (κ3) is 1.91. The van der Waals surface area contributed by atoms with E-state index >= 15 is 0 Å². The van der Waals surface area contributed by atoms with Crippen molar-refractivity contribution in [3.8, 4) is 0 Å². The van der Waals surface area contributed by atoms with Crippen LogP contribution in [0.5, 0.6) is 0 Å². The van der Waals surface area contributed by atoms with E-state index in [1.165, 1.54) is 0 Å². The lowest BCUT2D eigenvalue weighted by Gasteiger charge is -2.28. The van der Waals surface area contributed by atoms with E-state index in [-0.39, 0.29) is 0 Å². The minimum Gasteiger partial charge on any atom is -0.301 e. The molecule has 2 nitrogen and oxygen atoms in total. The normalized spacial score (nSPS) is 24.7. The van der Waals surface area contributed by atoms with E-state index in [1.807, 2.05) is 0 Å². The molecule has 1 saturated heterocycles. The van der Waals surface area contributed by atoms with E-state index in [2.05, 4.69) is 11.8 Å². The van der Waals surface area contributed by atoms with Crippen LogP contribution in [0, 0.1) is 6.92 Å². The lowest BCUT2D eigenvalue weighted by molar-refractivity contribution is -0.0189. The summed E-state index contributed by atoms with van der Waals surface area (Å²) in [4.78, 5) is 2.13. The minimum atomic E-state index is 0.537. The molecular weight excluding hydrogens is 119 g/mol. The zero-order valence-electron chi connectivity index (χ0n) is 5.52. The first-order valence-corrected chi connectivity index (χ1v) is 3.25. The fraction of sp³-hybridized carbons (Fsp3) is 0.833. The smallest absolute Gasteiger partial charge is 0.0418 e. The first-order chi connectivity index (χ1) is 4.33. The molecule has 0 aromatic heterocycles. The molecule has 53 valence electrons. The highest BCUT2D eigenvalue weighted by molar-refractivity contribution is 4.66. The van der Waals surface area contributed by atoms with Crippen molar-refractivity contribution in [2.24, 2.45) is 0 Å². The zero-order chi connectivity index (χ0) is 6.69. The zero-order valence-corrected chi connectivity index (χ0v) is 5.52. The first kappa shape index (κ1) is 6.96. The molecule has 1 heterocycles. The average molecular weight is 131 g/mol. The van der Waals surface area contributed by atoms with Gasteiger partial charge in [-0.2, -0.15) is 0 Å². The Balaban J connectivity index is 2.18. The van der Waals surface area contributed by atoms with Crippen LogP contribution in [0.15, 0.2) is 0 Å². The summed E-state index contributed by atoms with van der Waals surface area (Å²) >= 11 is 0. The Morgan fingerprint density at radius 3 is 2.22 bits per heavy atom. The summed E-state index contributed by atoms with van der Waals surface area (Å²) in [5.41, 5.74) is 0. The van der Waals surface area contributed by atoms with Crippen molar-refractivity contribution in [2.75, 3.05) is 32.7 Å². The fourth-order valence-electron chi connectivity index (χ4n) is 0.947. The number of halogens is 1. The maximum Gasteiger partial charge on any atom is 0.0418 e. The third-order valence-electron chi connectivity index (χ3n) is 1.63. The van der Waals surface area contributed by atoms with Gasteiger partial charge in [0, 0.05) is 26.2 Å². The summed E-state index contributed by atoms with van der Waals surface area (Å²) in [7, 11) is 0. The Hall–Kier alpha value is -0.150. The Morgan fingerprint density at radius 2 is 1.78 bits per heavy atom. The van der Waals surface area contributed by atoms with Gasteiger partial charge in [0.05, 0.1) is 0 Å². The van der Waals surface area contributed by atoms with E-state index in [0.717, 1.165) is 24.8 Å². The molecule has 3 heteroatoms. The summed E-state index contributed by atoms with van der Waals surface area (Å²) < 4.78 is 12.3. The van der Waals surface area contributed by atoms with Crippen molar-refractivity contribution in [3.63, 3.8) is 0 Å². The molecule has 0 spiro atoms. The molecule has 0 unspecified atom stereocenters. The predicted molar refractivity (Wildman–Crippen MR) is 34.5 cm³/mol. The number of hydrogen-bond donors (Lipinski definition) is 0. The highest BCUT2D eigenvalue weighted by Gasteiger charge is 2.13. The van der Waals surface area contributed by atoms with Gasteiger partial charge in [-0.3, -0.25) is 0 Å². The van der Waals surface area contributed by atoms with Crippen LogP contribution in [0.2, 0.25) is 0 Å². The van der Waals surface area contributed by atoms with E-state index in [9.17, 15) is 4.48 Å². The van der Waals surface area contributed by atoms with Crippen molar-refractivity contribution >= 4 is 0 Å². The highest BCUT2D eigenvalue weighted by atomic mass is 19.2. The molecule has 1 radical (unpaired) electrons. The SMILES string of the molecule is [CH2]CN1CCN(F)CC1. The number of hydrogen-bond acceptors (Lipinski definition) is 2. The lowest BCUT2D eigenvalue weighted by atomic mass is 10.4. The van der Waals surface area contributed by atoms with Gasteiger partial charge >= 0.3 is 0 Å². The Kier molecular flexibility index (Phi) is 2.42. The standard InChI is InChI=1S/C6H12FN2/c1-2-8-3-5-9(7)6-4-8/h1-6H2. The van der Waals surface area contributed by atoms with Crippen molar-refractivity contribution in [2.45, 2.75) is 0 Å². The Labute approximate surface area is 55.2 Å². The number of nitrogens with zero attached hydrogens (tertiary/aromatic N) is 2. The van der Waals surface area contributed by atoms with Gasteiger partial charge < -0.3 is 4.90 Å². The second kappa shape index (κ2) is 3.13. The highest BCUT2D eigenvalue weighted by Crippen LogP contribution is 1.99. The molecule has 0 bridgehead atoms. The second-order valence-electron chi connectivity index (χ2n) is 2.25. The van der Waals surface area contributed by atoms with Gasteiger partial charge in [-0.1, -0.05) is 0 Å². The van der Waals surface area contributed by atoms with Crippen molar-refractivity contribution in [1.82, 2.24) is 10.0 Å². The molecule has 0 amide bonds. The molecule has 0 aliphatic carbocycles. The molecule has 1 rings (SSSR count). The summed E-state index contributed by atoms with van der Waals surface area (Å²) in [5, 5.41) is 0.853. The van der Waals surface area contributed by atoms with Crippen molar-refractivity contribution in [1.29, 1.82) is 0 Å². The molecule has 1 aliphatic rings. The number of piperazine rings is 1. The minimum absolute atomic E-state index is 0.537. The van der Waals surface area contributed by atoms with Crippen LogP contribution in [0.4, 0.5) is 4.48 Å². The molecular formula is C6H12FN2. The van der Waals surface area contributed by atoms with Crippen LogP contribution in [-0.4, -0.2) is 42.7 Å². The quantitative estimate of drug-likeness (QED) is 0.473. The summed E-state index contributed by atoms with van der Waals surface area (Å²) in [6.45, 7) is 7.23. The molecule has 0 atom stereocenters. The van der Waals surface area contributed by atoms with Gasteiger partial charge in [0.1, 0.15) is 0 Å². The molecule has 0 aromatic carbocycles. The van der Waals surface area contributed by atoms with Crippen LogP contribution in [-0.2, 0) is 0 Å². The van der Waals surface area contributed by atoms with E-state index in [4.69, 9.17) is 0 Å². The van der Waals surface area contributed by atoms with Gasteiger partial charge in [0.2, 0.25) is 0 Å². The van der Waals surface area contributed by atoms with E-state index < -0.39 is 0 Å². The first-order valence-electron chi connectivity index (χ1n) is 3.25. The van der Waals surface area contributed by atoms with Crippen LogP contribution in [0.1, 0.15) is 0 Å². The van der Waals surface area contributed by atoms with E-state index in [1.54, 1.807) is 0 Å². The van der Waals surface area contributed by atoms with Crippen LogP contribution in [0.3, 0.4) is 0 Å². The van der Waals surface area contributed by atoms with Gasteiger partial charge in [0.15, 0.2) is 0 Å². The monoisotopic (exact) mass is 131 g/mol. The second-order valence-corrected chi connectivity index (χ2v) is 2.25. The fourth-order valence-corrected chi connectivity index (χ4v) is 0.947. The topological polar surface area (TPSA) is 6.48 Å². The molecule has 9 heavy (non-hydrogen) atoms. The molecule has 0 saturated carbocycles. The van der Waals surface area contributed by atoms with Gasteiger partial charge in [-0.25, -0.2) is 0 Å². The molecule has 1 aliphatic heterocycles. The Morgan fingerprint density at radius 1 is 1.22 bits per heavy atom. The lowest BCUT2D eigenvalue weighted by Crippen LogP contribution is -2.42. The summed E-state index contributed by atoms with van der Waals surface area (Å²) in [6.07, 6.45) is 0. The van der Waals surface area contributed by atoms with E-state index in [0.29, 0.717) is 13.1 Å². The van der Waals surface area contributed by atoms with Crippen LogP contribution in [0.25, 0.3) is 0 Å². The molecule has 0 N–H and O–H groups in total. The summed E-state index contributed by atoms with van der Waals surface area (Å²) in [6, 6.07) is 0. The van der Waals surface area contributed by atoms with Gasteiger partial charge in [-0.15, -0.1) is 9.60 Å². The largest absolute Gasteiger partial charge is 0.301 e. The third-order valence-corrected chi connectivity index (χ3v) is 1.63. The van der Waals surface area contributed by atoms with Crippen LogP contribution < -0.4 is 0 Å². The number of rotatable bonds is 1. The van der Waals surface area contributed by atoms with Crippen molar-refractivity contribution in [3.05, 3.63) is 6.92 Å². The maximum atomic E-state index is 12.3. The van der Waals surface area contributed by atoms with Gasteiger partial charge in [-0.05, 0) is 13.5 Å². The molecule has 0 aromatic rings. The molecule has 1 fully saturated rings. The summed E-state index contributed by atoms with van der Waals surface area (Å²) in [5.74, 6) is 0. The van der Waals surface area contributed by atoms with Crippen LogP contribution >= 0.6 is 0 Å². The Bertz CT molecular complexity index is 79.1. The van der Waals surface area contributed by atoms with Gasteiger partial charge in [0.25, 0.3) is 0 Å². The maximum absolute atomic E-state index is 12.3.